The van der Waals surface area contributed by atoms with Gasteiger partial charge < -0.3 is 20.7 Å². The van der Waals surface area contributed by atoms with Gasteiger partial charge in [-0.2, -0.15) is 0 Å². The summed E-state index contributed by atoms with van der Waals surface area (Å²) < 4.78 is 5.10. The Morgan fingerprint density at radius 3 is 2.89 bits per heavy atom. The SMILES string of the molecule is COc1c(N)ncnc1NCC(=O)N1CCCC1. The number of amides is 1. The van der Waals surface area contributed by atoms with Crippen LogP contribution in [0.1, 0.15) is 12.8 Å². The monoisotopic (exact) mass is 251 g/mol. The molecule has 1 fully saturated rings. The summed E-state index contributed by atoms with van der Waals surface area (Å²) in [5, 5.41) is 2.93. The van der Waals surface area contributed by atoms with Crippen LogP contribution in [-0.4, -0.2) is 47.5 Å². The van der Waals surface area contributed by atoms with E-state index in [0.29, 0.717) is 11.6 Å². The van der Waals surface area contributed by atoms with Crippen molar-refractivity contribution >= 4 is 17.5 Å². The van der Waals surface area contributed by atoms with Crippen LogP contribution in [0.15, 0.2) is 6.33 Å². The van der Waals surface area contributed by atoms with Crippen molar-refractivity contribution < 1.29 is 9.53 Å². The number of anilines is 2. The Kier molecular flexibility index (Phi) is 3.81. The summed E-state index contributed by atoms with van der Waals surface area (Å²) in [7, 11) is 1.49. The molecular formula is C11H17N5O2. The van der Waals surface area contributed by atoms with Crippen LogP contribution in [0.5, 0.6) is 5.75 Å². The van der Waals surface area contributed by atoms with E-state index in [1.165, 1.54) is 13.4 Å². The summed E-state index contributed by atoms with van der Waals surface area (Å²) in [5.41, 5.74) is 5.65. The standard InChI is InChI=1S/C11H17N5O2/c1-18-9-10(12)14-7-15-11(9)13-6-8(17)16-4-2-3-5-16/h7H,2-6H2,1H3,(H3,12,13,14,15). The predicted molar refractivity (Wildman–Crippen MR) is 67.3 cm³/mol. The van der Waals surface area contributed by atoms with E-state index in [4.69, 9.17) is 10.5 Å². The van der Waals surface area contributed by atoms with Crippen LogP contribution in [0, 0.1) is 0 Å². The molecule has 0 spiro atoms. The highest BCUT2D eigenvalue weighted by Crippen LogP contribution is 2.25. The van der Waals surface area contributed by atoms with Crippen molar-refractivity contribution in [2.75, 3.05) is 37.8 Å². The van der Waals surface area contributed by atoms with Crippen molar-refractivity contribution in [3.63, 3.8) is 0 Å². The number of aromatic nitrogens is 2. The number of ether oxygens (including phenoxy) is 1. The Labute approximate surface area is 105 Å². The molecule has 7 heteroatoms. The van der Waals surface area contributed by atoms with Gasteiger partial charge in [-0.25, -0.2) is 9.97 Å². The van der Waals surface area contributed by atoms with Gasteiger partial charge in [0.2, 0.25) is 11.7 Å². The van der Waals surface area contributed by atoms with Crippen LogP contribution >= 0.6 is 0 Å². The molecule has 0 aromatic carbocycles. The van der Waals surface area contributed by atoms with Crippen molar-refractivity contribution in [2.24, 2.45) is 0 Å². The first kappa shape index (κ1) is 12.4. The molecule has 0 radical (unpaired) electrons. The fourth-order valence-corrected chi connectivity index (χ4v) is 1.95. The average molecular weight is 251 g/mol. The van der Waals surface area contributed by atoms with E-state index in [0.717, 1.165) is 25.9 Å². The number of nitrogen functional groups attached to an aromatic ring is 1. The first-order valence-corrected chi connectivity index (χ1v) is 5.88. The van der Waals surface area contributed by atoms with Crippen LogP contribution in [0.2, 0.25) is 0 Å². The van der Waals surface area contributed by atoms with E-state index in [1.807, 2.05) is 4.90 Å². The zero-order valence-corrected chi connectivity index (χ0v) is 10.3. The minimum absolute atomic E-state index is 0.0618. The van der Waals surface area contributed by atoms with E-state index in [9.17, 15) is 4.79 Å². The molecule has 2 heterocycles. The van der Waals surface area contributed by atoms with Gasteiger partial charge in [0.1, 0.15) is 6.33 Å². The van der Waals surface area contributed by atoms with Gasteiger partial charge in [-0.3, -0.25) is 4.79 Å². The van der Waals surface area contributed by atoms with Gasteiger partial charge in [0.25, 0.3) is 0 Å². The maximum absolute atomic E-state index is 11.9. The number of hydrogen-bond donors (Lipinski definition) is 2. The van der Waals surface area contributed by atoms with E-state index in [2.05, 4.69) is 15.3 Å². The second-order valence-corrected chi connectivity index (χ2v) is 4.08. The van der Waals surface area contributed by atoms with Gasteiger partial charge in [-0.1, -0.05) is 0 Å². The number of nitrogens with zero attached hydrogens (tertiary/aromatic N) is 3. The zero-order valence-electron chi connectivity index (χ0n) is 10.3. The van der Waals surface area contributed by atoms with Crippen molar-refractivity contribution in [3.8, 4) is 5.75 Å². The van der Waals surface area contributed by atoms with Gasteiger partial charge in [-0.05, 0) is 12.8 Å². The Balaban J connectivity index is 1.97. The normalized spacial score (nSPS) is 14.6. The molecule has 0 unspecified atom stereocenters. The van der Waals surface area contributed by atoms with Crippen LogP contribution in [-0.2, 0) is 4.79 Å². The second kappa shape index (κ2) is 5.52. The van der Waals surface area contributed by atoms with E-state index in [-0.39, 0.29) is 18.3 Å². The molecule has 0 bridgehead atoms. The number of methoxy groups -OCH3 is 1. The van der Waals surface area contributed by atoms with Gasteiger partial charge in [0.15, 0.2) is 11.6 Å². The van der Waals surface area contributed by atoms with Crippen LogP contribution < -0.4 is 15.8 Å². The Morgan fingerprint density at radius 1 is 1.50 bits per heavy atom. The molecule has 3 N–H and O–H groups in total. The van der Waals surface area contributed by atoms with Crippen molar-refractivity contribution in [1.29, 1.82) is 0 Å². The molecule has 1 aliphatic heterocycles. The first-order chi connectivity index (χ1) is 8.72. The maximum Gasteiger partial charge on any atom is 0.241 e. The first-order valence-electron chi connectivity index (χ1n) is 5.88. The number of carbonyl (C=O) groups excluding carboxylic acids is 1. The predicted octanol–water partition coefficient (Wildman–Crippen LogP) is 0.102. The molecule has 0 atom stereocenters. The minimum Gasteiger partial charge on any atom is -0.490 e. The topological polar surface area (TPSA) is 93.4 Å². The molecule has 2 rings (SSSR count). The third-order valence-corrected chi connectivity index (χ3v) is 2.90. The second-order valence-electron chi connectivity index (χ2n) is 4.08. The lowest BCUT2D eigenvalue weighted by atomic mass is 10.4. The van der Waals surface area contributed by atoms with E-state index in [1.54, 1.807) is 0 Å². The largest absolute Gasteiger partial charge is 0.490 e. The number of rotatable bonds is 4. The number of likely N-dealkylation sites (tertiary alicyclic amines) is 1. The molecule has 98 valence electrons. The molecule has 7 nitrogen and oxygen atoms in total. The maximum atomic E-state index is 11.9. The summed E-state index contributed by atoms with van der Waals surface area (Å²) in [6.07, 6.45) is 3.49. The third-order valence-electron chi connectivity index (χ3n) is 2.90. The van der Waals surface area contributed by atoms with Gasteiger partial charge in [0.05, 0.1) is 13.7 Å². The molecular weight excluding hydrogens is 234 g/mol. The average Bonchev–Trinajstić information content (AvgIpc) is 2.90. The molecule has 1 aliphatic rings. The Bertz CT molecular complexity index is 431. The van der Waals surface area contributed by atoms with Crippen LogP contribution in [0.25, 0.3) is 0 Å². The quantitative estimate of drug-likeness (QED) is 0.788. The number of nitrogens with one attached hydrogen (secondary N) is 1. The molecule has 1 amide bonds. The fourth-order valence-electron chi connectivity index (χ4n) is 1.95. The highest BCUT2D eigenvalue weighted by Gasteiger charge is 2.18. The fraction of sp³-hybridized carbons (Fsp3) is 0.545. The van der Waals surface area contributed by atoms with Gasteiger partial charge in [0, 0.05) is 13.1 Å². The number of hydrogen-bond acceptors (Lipinski definition) is 6. The van der Waals surface area contributed by atoms with E-state index < -0.39 is 0 Å². The summed E-state index contributed by atoms with van der Waals surface area (Å²) in [6.45, 7) is 1.86. The van der Waals surface area contributed by atoms with Crippen molar-refractivity contribution in [2.45, 2.75) is 12.8 Å². The highest BCUT2D eigenvalue weighted by atomic mass is 16.5. The molecule has 18 heavy (non-hydrogen) atoms. The number of carbonyl (C=O) groups is 1. The molecule has 1 saturated heterocycles. The van der Waals surface area contributed by atoms with Gasteiger partial charge in [-0.15, -0.1) is 0 Å². The summed E-state index contributed by atoms with van der Waals surface area (Å²) in [4.78, 5) is 21.5. The highest BCUT2D eigenvalue weighted by molar-refractivity contribution is 5.81. The third kappa shape index (κ3) is 2.61. The molecule has 1 aromatic heterocycles. The Hall–Kier alpha value is -2.05. The smallest absolute Gasteiger partial charge is 0.241 e. The van der Waals surface area contributed by atoms with Crippen LogP contribution in [0.4, 0.5) is 11.6 Å². The summed E-state index contributed by atoms with van der Waals surface area (Å²) >= 11 is 0. The lowest BCUT2D eigenvalue weighted by Gasteiger charge is -2.16. The lowest BCUT2D eigenvalue weighted by Crippen LogP contribution is -2.33. The van der Waals surface area contributed by atoms with Gasteiger partial charge >= 0.3 is 0 Å². The lowest BCUT2D eigenvalue weighted by molar-refractivity contribution is -0.128. The summed E-state index contributed by atoms with van der Waals surface area (Å²) in [6, 6.07) is 0. The van der Waals surface area contributed by atoms with E-state index >= 15 is 0 Å². The van der Waals surface area contributed by atoms with Crippen molar-refractivity contribution in [1.82, 2.24) is 14.9 Å². The summed E-state index contributed by atoms with van der Waals surface area (Å²) in [5.74, 6) is 1.12. The zero-order chi connectivity index (χ0) is 13.0. The molecule has 0 aliphatic carbocycles. The Morgan fingerprint density at radius 2 is 2.22 bits per heavy atom. The molecule has 1 aromatic rings. The molecule has 0 saturated carbocycles. The van der Waals surface area contributed by atoms with Crippen LogP contribution in [0.3, 0.4) is 0 Å². The van der Waals surface area contributed by atoms with Crippen molar-refractivity contribution in [3.05, 3.63) is 6.33 Å². The number of nitrogens with two attached hydrogens (primary N) is 1. The minimum atomic E-state index is 0.0618.